The van der Waals surface area contributed by atoms with Gasteiger partial charge >= 0.3 is 6.03 Å². The first-order valence-electron chi connectivity index (χ1n) is 11.9. The van der Waals surface area contributed by atoms with Crippen LogP contribution in [0, 0.1) is 5.82 Å². The van der Waals surface area contributed by atoms with Gasteiger partial charge in [-0.15, -0.1) is 0 Å². The van der Waals surface area contributed by atoms with Gasteiger partial charge in [-0.1, -0.05) is 23.7 Å². The first-order valence-corrected chi connectivity index (χ1v) is 12.3. The minimum atomic E-state index is -1.17. The lowest BCUT2D eigenvalue weighted by Crippen LogP contribution is -2.53. The molecule has 3 N–H and O–H groups in total. The number of aromatic hydroxyl groups is 1. The average Bonchev–Trinajstić information content (AvgIpc) is 3.25. The number of urea groups is 1. The van der Waals surface area contributed by atoms with Gasteiger partial charge in [-0.2, -0.15) is 0 Å². The molecule has 3 heterocycles. The van der Waals surface area contributed by atoms with Crippen LogP contribution in [0.15, 0.2) is 36.4 Å². The molecule has 5 rings (SSSR count). The van der Waals surface area contributed by atoms with Crippen LogP contribution in [0.3, 0.4) is 0 Å². The number of phenolic OH excluding ortho intramolecular Hbond substituents is 1. The molecule has 10 heteroatoms. The van der Waals surface area contributed by atoms with Crippen molar-refractivity contribution >= 4 is 34.4 Å². The number of aliphatic hydroxyl groups excluding tert-OH is 1. The molecule has 0 bridgehead atoms. The van der Waals surface area contributed by atoms with E-state index in [0.717, 1.165) is 5.56 Å². The van der Waals surface area contributed by atoms with Crippen molar-refractivity contribution in [2.24, 2.45) is 0 Å². The molecule has 2 aliphatic heterocycles. The predicted octanol–water partition coefficient (Wildman–Crippen LogP) is 3.65. The number of carbonyl (C=O) groups excluding carboxylic acids is 2. The van der Waals surface area contributed by atoms with Crippen molar-refractivity contribution in [3.8, 4) is 5.75 Å². The van der Waals surface area contributed by atoms with Crippen LogP contribution in [0.5, 0.6) is 5.75 Å². The first kappa shape index (κ1) is 24.5. The Morgan fingerprint density at radius 2 is 2.03 bits per heavy atom. The normalized spacial score (nSPS) is 21.6. The van der Waals surface area contributed by atoms with Crippen LogP contribution < -0.4 is 0 Å². The summed E-state index contributed by atoms with van der Waals surface area (Å²) in [5.41, 5.74) is 1.45. The summed E-state index contributed by atoms with van der Waals surface area (Å²) >= 11 is 6.11. The van der Waals surface area contributed by atoms with Crippen molar-refractivity contribution in [1.29, 1.82) is 0 Å². The second-order valence-corrected chi connectivity index (χ2v) is 10.2. The van der Waals surface area contributed by atoms with E-state index in [0.29, 0.717) is 41.7 Å². The van der Waals surface area contributed by atoms with Crippen molar-refractivity contribution in [1.82, 2.24) is 19.7 Å². The molecule has 1 aromatic heterocycles. The molecule has 190 valence electrons. The molecule has 0 spiro atoms. The number of hydrogen-bond acceptors (Lipinski definition) is 5. The molecule has 3 amide bonds. The van der Waals surface area contributed by atoms with Crippen LogP contribution in [-0.2, 0) is 11.2 Å². The van der Waals surface area contributed by atoms with Crippen LogP contribution >= 0.6 is 11.6 Å². The number of carbonyl (C=O) groups is 2. The van der Waals surface area contributed by atoms with Gasteiger partial charge in [0.25, 0.3) is 5.91 Å². The number of aromatic nitrogens is 1. The molecule has 0 aliphatic carbocycles. The van der Waals surface area contributed by atoms with Crippen LogP contribution in [-0.4, -0.2) is 80.7 Å². The number of benzene rings is 2. The molecule has 3 aromatic rings. The third-order valence-electron chi connectivity index (χ3n) is 7.30. The number of rotatable bonds is 7. The molecule has 0 radical (unpaired) electrons. The summed E-state index contributed by atoms with van der Waals surface area (Å²) in [6, 6.07) is 8.36. The number of nitrogens with zero attached hydrogens (tertiary/aromatic N) is 3. The SMILES string of the molecule is CN(CCO)CCCN1C(=O)N2C(c3cccc(O)c3)c3[nH]c4cc(F)c(Cl)cc4c3CC2(C)C1=O. The Morgan fingerprint density at radius 3 is 2.75 bits per heavy atom. The van der Waals surface area contributed by atoms with Gasteiger partial charge in [-0.3, -0.25) is 14.6 Å². The summed E-state index contributed by atoms with van der Waals surface area (Å²) < 4.78 is 14.3. The Morgan fingerprint density at radius 1 is 1.25 bits per heavy atom. The standard InChI is InChI=1S/C26H28ClFN4O4/c1-26-14-18-17-12-19(27)20(28)13-21(17)29-22(18)23(15-5-3-6-16(34)11-15)32(26)25(36)31(24(26)35)8-4-7-30(2)9-10-33/h3,5-6,11-13,23,29,33-34H,4,7-10,14H2,1-2H3. The third kappa shape index (κ3) is 3.82. The van der Waals surface area contributed by atoms with Crippen molar-refractivity contribution in [2.75, 3.05) is 33.3 Å². The van der Waals surface area contributed by atoms with Gasteiger partial charge in [-0.25, -0.2) is 9.18 Å². The van der Waals surface area contributed by atoms with Crippen LogP contribution in [0.4, 0.5) is 9.18 Å². The lowest BCUT2D eigenvalue weighted by Gasteiger charge is -2.42. The van der Waals surface area contributed by atoms with Gasteiger partial charge in [0.2, 0.25) is 0 Å². The van der Waals surface area contributed by atoms with E-state index in [1.807, 2.05) is 11.9 Å². The van der Waals surface area contributed by atoms with Crippen molar-refractivity contribution < 1.29 is 24.2 Å². The Labute approximate surface area is 212 Å². The second kappa shape index (κ2) is 9.06. The van der Waals surface area contributed by atoms with E-state index in [4.69, 9.17) is 16.7 Å². The fraction of sp³-hybridized carbons (Fsp3) is 0.385. The summed E-state index contributed by atoms with van der Waals surface area (Å²) in [7, 11) is 1.87. The maximum atomic E-state index is 14.3. The van der Waals surface area contributed by atoms with Gasteiger partial charge in [0, 0.05) is 36.1 Å². The van der Waals surface area contributed by atoms with E-state index >= 15 is 0 Å². The molecule has 8 nitrogen and oxygen atoms in total. The molecule has 0 saturated carbocycles. The Hall–Kier alpha value is -3.14. The van der Waals surface area contributed by atoms with E-state index in [-0.39, 0.29) is 36.3 Å². The molecule has 2 aliphatic rings. The summed E-state index contributed by atoms with van der Waals surface area (Å²) in [6.45, 7) is 3.18. The quantitative estimate of drug-likeness (QED) is 0.418. The highest BCUT2D eigenvalue weighted by atomic mass is 35.5. The van der Waals surface area contributed by atoms with Crippen LogP contribution in [0.25, 0.3) is 10.9 Å². The second-order valence-electron chi connectivity index (χ2n) is 9.77. The van der Waals surface area contributed by atoms with Gasteiger partial charge in [0.15, 0.2) is 0 Å². The fourth-order valence-electron chi connectivity index (χ4n) is 5.53. The molecule has 1 fully saturated rings. The van der Waals surface area contributed by atoms with E-state index in [1.54, 1.807) is 42.2 Å². The molecular weight excluding hydrogens is 487 g/mol. The van der Waals surface area contributed by atoms with Crippen molar-refractivity contribution in [3.05, 3.63) is 64.1 Å². The van der Waals surface area contributed by atoms with Crippen LogP contribution in [0.1, 0.15) is 36.2 Å². The Bertz CT molecular complexity index is 1360. The number of phenols is 1. The number of hydrogen-bond donors (Lipinski definition) is 3. The maximum Gasteiger partial charge on any atom is 0.328 e. The highest BCUT2D eigenvalue weighted by Crippen LogP contribution is 2.49. The Kier molecular flexibility index (Phi) is 6.18. The minimum absolute atomic E-state index is 0.0201. The zero-order valence-electron chi connectivity index (χ0n) is 20.1. The largest absolute Gasteiger partial charge is 0.508 e. The van der Waals surface area contributed by atoms with E-state index in [2.05, 4.69) is 4.98 Å². The summed E-state index contributed by atoms with van der Waals surface area (Å²) in [5.74, 6) is -0.822. The minimum Gasteiger partial charge on any atom is -0.508 e. The number of imide groups is 1. The maximum absolute atomic E-state index is 14.3. The zero-order chi connectivity index (χ0) is 25.8. The van der Waals surface area contributed by atoms with Gasteiger partial charge in [0.1, 0.15) is 23.1 Å². The summed E-state index contributed by atoms with van der Waals surface area (Å²) in [5, 5.41) is 20.0. The average molecular weight is 515 g/mol. The number of amides is 3. The molecule has 1 saturated heterocycles. The monoisotopic (exact) mass is 514 g/mol. The highest BCUT2D eigenvalue weighted by Gasteiger charge is 2.60. The lowest BCUT2D eigenvalue weighted by atomic mass is 9.81. The number of halogens is 2. The smallest absolute Gasteiger partial charge is 0.328 e. The predicted molar refractivity (Wildman–Crippen MR) is 133 cm³/mol. The van der Waals surface area contributed by atoms with Crippen molar-refractivity contribution in [2.45, 2.75) is 31.3 Å². The topological polar surface area (TPSA) is 100 Å². The van der Waals surface area contributed by atoms with E-state index in [9.17, 15) is 19.1 Å². The highest BCUT2D eigenvalue weighted by molar-refractivity contribution is 6.31. The summed E-state index contributed by atoms with van der Waals surface area (Å²) in [4.78, 5) is 35.6. The van der Waals surface area contributed by atoms with Gasteiger partial charge < -0.3 is 20.1 Å². The van der Waals surface area contributed by atoms with Gasteiger partial charge in [0.05, 0.1) is 11.6 Å². The number of aromatic amines is 1. The molecule has 2 aromatic carbocycles. The molecule has 36 heavy (non-hydrogen) atoms. The van der Waals surface area contributed by atoms with E-state index in [1.165, 1.54) is 11.0 Å². The lowest BCUT2D eigenvalue weighted by molar-refractivity contribution is -0.133. The molecule has 2 unspecified atom stereocenters. The number of aliphatic hydroxyl groups is 1. The first-order chi connectivity index (χ1) is 17.2. The van der Waals surface area contributed by atoms with Crippen molar-refractivity contribution in [3.63, 3.8) is 0 Å². The zero-order valence-corrected chi connectivity index (χ0v) is 20.8. The number of fused-ring (bicyclic) bond motifs is 4. The summed E-state index contributed by atoms with van der Waals surface area (Å²) in [6.07, 6.45) is 0.808. The number of H-pyrrole nitrogens is 1. The fourth-order valence-corrected chi connectivity index (χ4v) is 5.69. The van der Waals surface area contributed by atoms with E-state index < -0.39 is 23.4 Å². The molecule has 2 atom stereocenters. The number of nitrogens with one attached hydrogen (secondary N) is 1. The molecular formula is C26H28ClFN4O4. The van der Waals surface area contributed by atoms with Gasteiger partial charge in [-0.05, 0) is 62.3 Å². The third-order valence-corrected chi connectivity index (χ3v) is 7.59. The van der Waals surface area contributed by atoms with Crippen LogP contribution in [0.2, 0.25) is 5.02 Å². The Balaban J connectivity index is 1.60. The number of likely N-dealkylation sites (N-methyl/N-ethyl adjacent to an activating group) is 1.